The molecule has 1 heterocycles. The van der Waals surface area contributed by atoms with Crippen molar-refractivity contribution < 1.29 is 9.59 Å². The molecule has 1 N–H and O–H groups in total. The van der Waals surface area contributed by atoms with Crippen LogP contribution < -0.4 is 5.32 Å². The summed E-state index contributed by atoms with van der Waals surface area (Å²) in [5.41, 5.74) is 1.76. The first-order valence-electron chi connectivity index (χ1n) is 6.66. The number of benzene rings is 1. The van der Waals surface area contributed by atoms with Gasteiger partial charge in [-0.2, -0.15) is 0 Å². The van der Waals surface area contributed by atoms with E-state index in [0.29, 0.717) is 18.7 Å². The van der Waals surface area contributed by atoms with Gasteiger partial charge in [0.25, 0.3) is 5.91 Å². The van der Waals surface area contributed by atoms with Gasteiger partial charge in [-0.3, -0.25) is 9.59 Å². The maximum atomic E-state index is 12.5. The molecule has 1 saturated heterocycles. The summed E-state index contributed by atoms with van der Waals surface area (Å²) < 4.78 is 0. The molecule has 0 spiro atoms. The van der Waals surface area contributed by atoms with Crippen LogP contribution in [-0.2, 0) is 4.79 Å². The average Bonchev–Trinajstić information content (AvgIpc) is 2.38. The monoisotopic (exact) mass is 260 g/mol. The molecular weight excluding hydrogens is 240 g/mol. The highest BCUT2D eigenvalue weighted by molar-refractivity contribution is 5.98. The van der Waals surface area contributed by atoms with Crippen LogP contribution in [0.1, 0.15) is 29.8 Å². The Labute approximate surface area is 113 Å². The maximum Gasteiger partial charge on any atom is 0.254 e. The first-order valence-corrected chi connectivity index (χ1v) is 6.66. The lowest BCUT2D eigenvalue weighted by Gasteiger charge is -2.37. The Bertz CT molecular complexity index is 479. The van der Waals surface area contributed by atoms with Gasteiger partial charge in [-0.25, -0.2) is 0 Å². The predicted molar refractivity (Wildman–Crippen MR) is 73.9 cm³/mol. The van der Waals surface area contributed by atoms with E-state index in [2.05, 4.69) is 5.32 Å². The predicted octanol–water partition coefficient (Wildman–Crippen LogP) is 1.59. The Hall–Kier alpha value is -1.84. The molecule has 2 rings (SSSR count). The number of rotatable bonds is 2. The van der Waals surface area contributed by atoms with Gasteiger partial charge >= 0.3 is 0 Å². The van der Waals surface area contributed by atoms with Crippen molar-refractivity contribution in [1.82, 2.24) is 10.2 Å². The highest BCUT2D eigenvalue weighted by atomic mass is 16.2. The fraction of sp³-hybridized carbons (Fsp3) is 0.467. The molecule has 0 aliphatic carbocycles. The quantitative estimate of drug-likeness (QED) is 0.878. The molecule has 4 heteroatoms. The zero-order valence-corrected chi connectivity index (χ0v) is 11.6. The van der Waals surface area contributed by atoms with Crippen LogP contribution >= 0.6 is 0 Å². The van der Waals surface area contributed by atoms with Crippen LogP contribution in [0, 0.1) is 12.8 Å². The molecule has 1 aliphatic heterocycles. The SMILES string of the molecule is Cc1ccc(C(=O)N2CCNC(=O)C2C(C)C)cc1. The summed E-state index contributed by atoms with van der Waals surface area (Å²) in [6.45, 7) is 7.01. The Morgan fingerprint density at radius 2 is 1.95 bits per heavy atom. The second kappa shape index (κ2) is 5.43. The van der Waals surface area contributed by atoms with Gasteiger partial charge in [-0.1, -0.05) is 31.5 Å². The lowest BCUT2D eigenvalue weighted by Crippen LogP contribution is -2.59. The van der Waals surface area contributed by atoms with Crippen molar-refractivity contribution in [1.29, 1.82) is 0 Å². The number of carbonyl (C=O) groups is 2. The van der Waals surface area contributed by atoms with Gasteiger partial charge in [0.15, 0.2) is 0 Å². The van der Waals surface area contributed by atoms with Gasteiger partial charge in [-0.05, 0) is 25.0 Å². The van der Waals surface area contributed by atoms with E-state index in [9.17, 15) is 9.59 Å². The summed E-state index contributed by atoms with van der Waals surface area (Å²) >= 11 is 0. The van der Waals surface area contributed by atoms with Crippen molar-refractivity contribution in [2.75, 3.05) is 13.1 Å². The molecule has 1 aromatic rings. The van der Waals surface area contributed by atoms with E-state index in [0.717, 1.165) is 5.56 Å². The zero-order chi connectivity index (χ0) is 14.0. The number of nitrogens with one attached hydrogen (secondary N) is 1. The highest BCUT2D eigenvalue weighted by Crippen LogP contribution is 2.17. The first-order chi connectivity index (χ1) is 9.00. The number of amides is 2. The Morgan fingerprint density at radius 3 is 2.53 bits per heavy atom. The molecule has 0 bridgehead atoms. The molecule has 1 unspecified atom stereocenters. The second-order valence-electron chi connectivity index (χ2n) is 5.34. The fourth-order valence-corrected chi connectivity index (χ4v) is 2.44. The van der Waals surface area contributed by atoms with Crippen LogP contribution in [0.5, 0.6) is 0 Å². The third kappa shape index (κ3) is 2.78. The number of piperazine rings is 1. The van der Waals surface area contributed by atoms with Gasteiger partial charge < -0.3 is 10.2 Å². The van der Waals surface area contributed by atoms with Crippen molar-refractivity contribution in [3.05, 3.63) is 35.4 Å². The average molecular weight is 260 g/mol. The van der Waals surface area contributed by atoms with Gasteiger partial charge in [-0.15, -0.1) is 0 Å². The molecule has 2 amide bonds. The molecule has 1 aliphatic rings. The van der Waals surface area contributed by atoms with Crippen LogP contribution in [-0.4, -0.2) is 35.8 Å². The molecule has 0 aromatic heterocycles. The van der Waals surface area contributed by atoms with Crippen molar-refractivity contribution in [2.45, 2.75) is 26.8 Å². The van der Waals surface area contributed by atoms with E-state index in [-0.39, 0.29) is 23.8 Å². The molecule has 1 atom stereocenters. The molecule has 0 saturated carbocycles. The maximum absolute atomic E-state index is 12.5. The Morgan fingerprint density at radius 1 is 1.32 bits per heavy atom. The van der Waals surface area contributed by atoms with E-state index in [1.54, 1.807) is 4.90 Å². The first kappa shape index (κ1) is 13.6. The molecule has 4 nitrogen and oxygen atoms in total. The number of hydrogen-bond donors (Lipinski definition) is 1. The Balaban J connectivity index is 2.25. The van der Waals surface area contributed by atoms with E-state index >= 15 is 0 Å². The molecule has 102 valence electrons. The lowest BCUT2D eigenvalue weighted by atomic mass is 9.98. The number of aryl methyl sites for hydroxylation is 1. The third-order valence-electron chi connectivity index (χ3n) is 3.45. The summed E-state index contributed by atoms with van der Waals surface area (Å²) in [6, 6.07) is 7.11. The second-order valence-corrected chi connectivity index (χ2v) is 5.34. The lowest BCUT2D eigenvalue weighted by molar-refractivity contribution is -0.129. The topological polar surface area (TPSA) is 49.4 Å². The van der Waals surface area contributed by atoms with E-state index < -0.39 is 0 Å². The standard InChI is InChI=1S/C15H20N2O2/c1-10(2)13-14(18)16-8-9-17(13)15(19)12-6-4-11(3)5-7-12/h4-7,10,13H,8-9H2,1-3H3,(H,16,18). The van der Waals surface area contributed by atoms with E-state index in [1.165, 1.54) is 0 Å². The van der Waals surface area contributed by atoms with E-state index in [4.69, 9.17) is 0 Å². The minimum Gasteiger partial charge on any atom is -0.353 e. The van der Waals surface area contributed by atoms with Crippen molar-refractivity contribution in [3.63, 3.8) is 0 Å². The zero-order valence-electron chi connectivity index (χ0n) is 11.6. The van der Waals surface area contributed by atoms with Crippen LogP contribution in [0.3, 0.4) is 0 Å². The van der Waals surface area contributed by atoms with Crippen molar-refractivity contribution in [3.8, 4) is 0 Å². The number of hydrogen-bond acceptors (Lipinski definition) is 2. The largest absolute Gasteiger partial charge is 0.353 e. The van der Waals surface area contributed by atoms with E-state index in [1.807, 2.05) is 45.0 Å². The van der Waals surface area contributed by atoms with Crippen LogP contribution in [0.15, 0.2) is 24.3 Å². The van der Waals surface area contributed by atoms with Gasteiger partial charge in [0.1, 0.15) is 6.04 Å². The summed E-state index contributed by atoms with van der Waals surface area (Å²) in [5.74, 6) is -0.00930. The number of nitrogens with zero attached hydrogens (tertiary/aromatic N) is 1. The summed E-state index contributed by atoms with van der Waals surface area (Å²) in [4.78, 5) is 26.1. The van der Waals surface area contributed by atoms with Crippen LogP contribution in [0.2, 0.25) is 0 Å². The van der Waals surface area contributed by atoms with Crippen molar-refractivity contribution in [2.24, 2.45) is 5.92 Å². The third-order valence-corrected chi connectivity index (χ3v) is 3.45. The molecule has 1 fully saturated rings. The minimum absolute atomic E-state index is 0.0540. The molecular formula is C15H20N2O2. The van der Waals surface area contributed by atoms with Gasteiger partial charge in [0.2, 0.25) is 5.91 Å². The van der Waals surface area contributed by atoms with Gasteiger partial charge in [0, 0.05) is 18.7 Å². The van der Waals surface area contributed by atoms with Crippen LogP contribution in [0.25, 0.3) is 0 Å². The van der Waals surface area contributed by atoms with Crippen molar-refractivity contribution >= 4 is 11.8 Å². The molecule has 1 aromatic carbocycles. The molecule has 19 heavy (non-hydrogen) atoms. The summed E-state index contributed by atoms with van der Waals surface area (Å²) in [7, 11) is 0. The Kier molecular flexibility index (Phi) is 3.88. The fourth-order valence-electron chi connectivity index (χ4n) is 2.44. The minimum atomic E-state index is -0.373. The van der Waals surface area contributed by atoms with Gasteiger partial charge in [0.05, 0.1) is 0 Å². The summed E-state index contributed by atoms with van der Waals surface area (Å²) in [5, 5.41) is 2.83. The van der Waals surface area contributed by atoms with Crippen LogP contribution in [0.4, 0.5) is 0 Å². The number of carbonyl (C=O) groups excluding carboxylic acids is 2. The normalized spacial score (nSPS) is 19.5. The smallest absolute Gasteiger partial charge is 0.254 e. The summed E-state index contributed by atoms with van der Waals surface area (Å²) in [6.07, 6.45) is 0. The highest BCUT2D eigenvalue weighted by Gasteiger charge is 2.35. The molecule has 0 radical (unpaired) electrons.